The molecule has 0 saturated heterocycles. The first-order valence-electron chi connectivity index (χ1n) is 6.88. The van der Waals surface area contributed by atoms with Gasteiger partial charge in [-0.2, -0.15) is 0 Å². The Morgan fingerprint density at radius 1 is 1.20 bits per heavy atom. The molecule has 0 heterocycles. The molecule has 0 bridgehead atoms. The van der Waals surface area contributed by atoms with Gasteiger partial charge < -0.3 is 5.32 Å². The quantitative estimate of drug-likeness (QED) is 0.746. The normalized spacial score (nSPS) is 39.0. The van der Waals surface area contributed by atoms with Gasteiger partial charge in [0.1, 0.15) is 0 Å². The van der Waals surface area contributed by atoms with Crippen LogP contribution in [0, 0.1) is 17.3 Å². The van der Waals surface area contributed by atoms with E-state index >= 15 is 0 Å². The van der Waals surface area contributed by atoms with Crippen LogP contribution in [0.4, 0.5) is 0 Å². The Bertz CT molecular complexity index is 207. The molecule has 3 atom stereocenters. The van der Waals surface area contributed by atoms with Gasteiger partial charge in [0.05, 0.1) is 0 Å². The van der Waals surface area contributed by atoms with Crippen molar-refractivity contribution in [3.8, 4) is 0 Å². The van der Waals surface area contributed by atoms with Crippen LogP contribution in [0.1, 0.15) is 59.3 Å². The average molecular weight is 209 g/mol. The summed E-state index contributed by atoms with van der Waals surface area (Å²) in [5, 5.41) is 3.86. The summed E-state index contributed by atoms with van der Waals surface area (Å²) in [6, 6.07) is 0.803. The molecule has 0 aromatic heterocycles. The molecule has 1 heteroatoms. The van der Waals surface area contributed by atoms with E-state index in [1.807, 2.05) is 0 Å². The molecule has 0 aromatic rings. The minimum absolute atomic E-state index is 0.709. The summed E-state index contributed by atoms with van der Waals surface area (Å²) in [7, 11) is 0. The first-order chi connectivity index (χ1) is 7.15. The van der Waals surface area contributed by atoms with E-state index in [1.54, 1.807) is 0 Å². The molecule has 88 valence electrons. The topological polar surface area (TPSA) is 12.0 Å². The van der Waals surface area contributed by atoms with Crippen molar-refractivity contribution in [1.29, 1.82) is 0 Å². The third-order valence-electron chi connectivity index (χ3n) is 4.90. The van der Waals surface area contributed by atoms with Gasteiger partial charge in [0, 0.05) is 12.6 Å². The highest BCUT2D eigenvalue weighted by atomic mass is 14.9. The molecule has 0 spiro atoms. The summed E-state index contributed by atoms with van der Waals surface area (Å²) >= 11 is 0. The van der Waals surface area contributed by atoms with Crippen molar-refractivity contribution in [3.05, 3.63) is 0 Å². The first-order valence-corrected chi connectivity index (χ1v) is 6.88. The number of hydrogen-bond acceptors (Lipinski definition) is 1. The SMILES string of the molecule is CCC1(CNC2CC(C)CCC2C)CC1. The van der Waals surface area contributed by atoms with Crippen LogP contribution in [0.15, 0.2) is 0 Å². The summed E-state index contributed by atoms with van der Waals surface area (Å²) in [5.41, 5.74) is 0.709. The lowest BCUT2D eigenvalue weighted by Gasteiger charge is -2.34. The molecule has 1 N–H and O–H groups in total. The van der Waals surface area contributed by atoms with Crippen LogP contribution in [0.3, 0.4) is 0 Å². The van der Waals surface area contributed by atoms with Crippen molar-refractivity contribution in [3.63, 3.8) is 0 Å². The molecule has 0 radical (unpaired) electrons. The molecule has 1 nitrogen and oxygen atoms in total. The van der Waals surface area contributed by atoms with E-state index in [2.05, 4.69) is 26.1 Å². The molecular weight excluding hydrogens is 182 g/mol. The van der Waals surface area contributed by atoms with E-state index in [9.17, 15) is 0 Å². The van der Waals surface area contributed by atoms with Gasteiger partial charge in [-0.1, -0.05) is 27.2 Å². The highest BCUT2D eigenvalue weighted by molar-refractivity contribution is 4.95. The Labute approximate surface area is 95.0 Å². The van der Waals surface area contributed by atoms with Crippen LogP contribution in [0.2, 0.25) is 0 Å². The summed E-state index contributed by atoms with van der Waals surface area (Å²) in [5.74, 6) is 1.84. The van der Waals surface area contributed by atoms with E-state index in [-0.39, 0.29) is 0 Å². The zero-order chi connectivity index (χ0) is 10.9. The Hall–Kier alpha value is -0.0400. The summed E-state index contributed by atoms with van der Waals surface area (Å²) in [6.45, 7) is 8.47. The highest BCUT2D eigenvalue weighted by Gasteiger charge is 2.41. The Kier molecular flexibility index (Phi) is 3.39. The second-order valence-electron chi connectivity index (χ2n) is 6.24. The molecule has 3 unspecified atom stereocenters. The Morgan fingerprint density at radius 3 is 2.53 bits per heavy atom. The van der Waals surface area contributed by atoms with Crippen LogP contribution in [-0.4, -0.2) is 12.6 Å². The van der Waals surface area contributed by atoms with Crippen molar-refractivity contribution in [1.82, 2.24) is 5.32 Å². The van der Waals surface area contributed by atoms with E-state index in [0.29, 0.717) is 5.41 Å². The molecule has 2 fully saturated rings. The summed E-state index contributed by atoms with van der Waals surface area (Å²) < 4.78 is 0. The van der Waals surface area contributed by atoms with Crippen molar-refractivity contribution in [2.45, 2.75) is 65.3 Å². The van der Waals surface area contributed by atoms with Gasteiger partial charge in [0.15, 0.2) is 0 Å². The van der Waals surface area contributed by atoms with E-state index < -0.39 is 0 Å². The fourth-order valence-electron chi connectivity index (χ4n) is 3.00. The number of rotatable bonds is 4. The maximum atomic E-state index is 3.86. The predicted octanol–water partition coefficient (Wildman–Crippen LogP) is 3.59. The first kappa shape index (κ1) is 11.4. The van der Waals surface area contributed by atoms with Gasteiger partial charge in [-0.3, -0.25) is 0 Å². The molecule has 15 heavy (non-hydrogen) atoms. The molecule has 0 amide bonds. The van der Waals surface area contributed by atoms with E-state index in [0.717, 1.165) is 17.9 Å². The van der Waals surface area contributed by atoms with Gasteiger partial charge >= 0.3 is 0 Å². The fraction of sp³-hybridized carbons (Fsp3) is 1.00. The maximum Gasteiger partial charge on any atom is 0.00954 e. The van der Waals surface area contributed by atoms with Crippen LogP contribution in [-0.2, 0) is 0 Å². The third-order valence-corrected chi connectivity index (χ3v) is 4.90. The molecule has 0 aliphatic heterocycles. The molecular formula is C14H27N. The van der Waals surface area contributed by atoms with Crippen molar-refractivity contribution < 1.29 is 0 Å². The summed E-state index contributed by atoms with van der Waals surface area (Å²) in [4.78, 5) is 0. The Morgan fingerprint density at radius 2 is 1.93 bits per heavy atom. The number of hydrogen-bond donors (Lipinski definition) is 1. The van der Waals surface area contributed by atoms with Crippen molar-refractivity contribution in [2.75, 3.05) is 6.54 Å². The molecule has 2 saturated carbocycles. The lowest BCUT2D eigenvalue weighted by molar-refractivity contribution is 0.217. The van der Waals surface area contributed by atoms with Crippen molar-refractivity contribution in [2.24, 2.45) is 17.3 Å². The average Bonchev–Trinajstić information content (AvgIpc) is 3.00. The summed E-state index contributed by atoms with van der Waals surface area (Å²) in [6.07, 6.45) is 8.58. The lowest BCUT2D eigenvalue weighted by Crippen LogP contribution is -2.42. The minimum atomic E-state index is 0.709. The molecule has 2 rings (SSSR count). The van der Waals surface area contributed by atoms with E-state index in [1.165, 1.54) is 45.1 Å². The van der Waals surface area contributed by atoms with Crippen LogP contribution in [0.5, 0.6) is 0 Å². The van der Waals surface area contributed by atoms with Gasteiger partial charge in [-0.25, -0.2) is 0 Å². The molecule has 2 aliphatic carbocycles. The highest BCUT2D eigenvalue weighted by Crippen LogP contribution is 2.48. The Balaban J connectivity index is 1.77. The second-order valence-corrected chi connectivity index (χ2v) is 6.24. The minimum Gasteiger partial charge on any atom is -0.313 e. The maximum absolute atomic E-state index is 3.86. The third kappa shape index (κ3) is 2.75. The number of nitrogens with one attached hydrogen (secondary N) is 1. The standard InChI is InChI=1S/C14H27N/c1-4-14(7-8-14)10-15-13-9-11(2)5-6-12(13)3/h11-13,15H,4-10H2,1-3H3. The zero-order valence-electron chi connectivity index (χ0n) is 10.7. The van der Waals surface area contributed by atoms with Crippen LogP contribution < -0.4 is 5.32 Å². The van der Waals surface area contributed by atoms with Crippen LogP contribution >= 0.6 is 0 Å². The predicted molar refractivity (Wildman–Crippen MR) is 65.9 cm³/mol. The van der Waals surface area contributed by atoms with Gasteiger partial charge in [0.2, 0.25) is 0 Å². The van der Waals surface area contributed by atoms with E-state index in [4.69, 9.17) is 0 Å². The molecule has 0 aromatic carbocycles. The smallest absolute Gasteiger partial charge is 0.00954 e. The van der Waals surface area contributed by atoms with Crippen molar-refractivity contribution >= 4 is 0 Å². The van der Waals surface area contributed by atoms with Crippen LogP contribution in [0.25, 0.3) is 0 Å². The molecule has 2 aliphatic rings. The second kappa shape index (κ2) is 4.45. The fourth-order valence-corrected chi connectivity index (χ4v) is 3.00. The monoisotopic (exact) mass is 209 g/mol. The largest absolute Gasteiger partial charge is 0.313 e. The van der Waals surface area contributed by atoms with Gasteiger partial charge in [-0.05, 0) is 49.4 Å². The lowest BCUT2D eigenvalue weighted by atomic mass is 9.80. The zero-order valence-corrected chi connectivity index (χ0v) is 10.7. The van der Waals surface area contributed by atoms with Gasteiger partial charge in [-0.15, -0.1) is 0 Å². The van der Waals surface area contributed by atoms with Gasteiger partial charge in [0.25, 0.3) is 0 Å².